The summed E-state index contributed by atoms with van der Waals surface area (Å²) in [6, 6.07) is 22.8. The number of phenolic OH excluding ortho intramolecular Hbond substituents is 1. The van der Waals surface area contributed by atoms with Crippen molar-refractivity contribution in [1.29, 1.82) is 0 Å². The number of benzene rings is 4. The normalized spacial score (nSPS) is 25.6. The second kappa shape index (κ2) is 13.6. The van der Waals surface area contributed by atoms with E-state index in [-0.39, 0.29) is 46.7 Å². The first-order chi connectivity index (χ1) is 26.4. The average molecular weight is 781 g/mol. The van der Waals surface area contributed by atoms with E-state index in [2.05, 4.69) is 5.43 Å². The molecule has 4 aliphatic rings. The van der Waals surface area contributed by atoms with Gasteiger partial charge in [-0.25, -0.2) is 0 Å². The lowest BCUT2D eigenvalue weighted by atomic mass is 9.49. The fraction of sp³-hybridized carbons (Fsp3) is 0.262. The molecule has 1 saturated carbocycles. The third-order valence-electron chi connectivity index (χ3n) is 11.6. The number of fused-ring (bicyclic) bond motifs is 4. The SMILES string of the molecule is COc1ccc(C23C(=O)N(Nc4ccc(Cl)cc4Cl)C(=O)C2CC2C(=CCC4C(=O)N(c5ccc(C(C)=O)cc5)C(=O)C42)C3c2ccc(OC)c(O)c2)cc1. The number of Topliss-reactive ketones (excluding diaryl/α,β-unsaturated/α-hetero) is 1. The topological polar surface area (TPSA) is 143 Å². The Kier molecular flexibility index (Phi) is 8.97. The molecule has 2 heterocycles. The maximum Gasteiger partial charge on any atom is 0.260 e. The molecule has 2 aliphatic carbocycles. The number of ether oxygens (including phenoxy) is 2. The fourth-order valence-electron chi connectivity index (χ4n) is 9.20. The van der Waals surface area contributed by atoms with Gasteiger partial charge in [-0.3, -0.25) is 34.3 Å². The number of hydrogen-bond donors (Lipinski definition) is 2. The summed E-state index contributed by atoms with van der Waals surface area (Å²) >= 11 is 12.7. The molecule has 2 aliphatic heterocycles. The number of phenols is 1. The number of hydrazine groups is 1. The molecule has 0 bridgehead atoms. The lowest BCUT2D eigenvalue weighted by Gasteiger charge is -2.50. The Morgan fingerprint density at radius 2 is 1.58 bits per heavy atom. The van der Waals surface area contributed by atoms with Gasteiger partial charge in [0.1, 0.15) is 5.75 Å². The number of allylic oxidation sites excluding steroid dienone is 2. The molecular weight excluding hydrogens is 745 g/mol. The number of ketones is 1. The van der Waals surface area contributed by atoms with Crippen molar-refractivity contribution in [3.63, 3.8) is 0 Å². The Balaban J connectivity index is 1.31. The number of carbonyl (C=O) groups is 5. The molecule has 8 rings (SSSR count). The maximum atomic E-state index is 15.4. The van der Waals surface area contributed by atoms with E-state index >= 15 is 4.79 Å². The highest BCUT2D eigenvalue weighted by Gasteiger charge is 2.70. The molecule has 11 nitrogen and oxygen atoms in total. The molecule has 6 unspecified atom stereocenters. The maximum absolute atomic E-state index is 15.4. The van der Waals surface area contributed by atoms with Gasteiger partial charge in [0, 0.05) is 16.5 Å². The zero-order valence-corrected chi connectivity index (χ0v) is 31.4. The number of anilines is 2. The van der Waals surface area contributed by atoms with E-state index in [1.54, 1.807) is 72.8 Å². The molecule has 4 aromatic rings. The van der Waals surface area contributed by atoms with Crippen LogP contribution < -0.4 is 19.8 Å². The quantitative estimate of drug-likeness (QED) is 0.109. The summed E-state index contributed by atoms with van der Waals surface area (Å²) in [5, 5.41) is 12.7. The summed E-state index contributed by atoms with van der Waals surface area (Å²) in [4.78, 5) is 72.2. The Morgan fingerprint density at radius 3 is 2.22 bits per heavy atom. The van der Waals surface area contributed by atoms with Crippen LogP contribution in [0.5, 0.6) is 17.2 Å². The number of methoxy groups -OCH3 is 2. The first-order valence-corrected chi connectivity index (χ1v) is 18.5. The Morgan fingerprint density at radius 1 is 0.855 bits per heavy atom. The summed E-state index contributed by atoms with van der Waals surface area (Å²) in [5.74, 6) is -5.64. The van der Waals surface area contributed by atoms with Crippen molar-refractivity contribution in [2.45, 2.75) is 31.1 Å². The highest BCUT2D eigenvalue weighted by Crippen LogP contribution is 2.64. The van der Waals surface area contributed by atoms with Gasteiger partial charge in [-0.05, 0) is 104 Å². The number of nitrogens with zero attached hydrogens (tertiary/aromatic N) is 2. The molecule has 55 heavy (non-hydrogen) atoms. The number of imide groups is 2. The molecule has 4 amide bonds. The number of carbonyl (C=O) groups excluding carboxylic acids is 5. The monoisotopic (exact) mass is 779 g/mol. The minimum absolute atomic E-state index is 0.0604. The van der Waals surface area contributed by atoms with Crippen LogP contribution >= 0.6 is 23.2 Å². The van der Waals surface area contributed by atoms with Gasteiger partial charge in [0.25, 0.3) is 11.8 Å². The molecule has 4 aromatic carbocycles. The molecule has 0 aromatic heterocycles. The second-order valence-electron chi connectivity index (χ2n) is 14.3. The summed E-state index contributed by atoms with van der Waals surface area (Å²) in [7, 11) is 2.96. The molecular formula is C42H35Cl2N3O8. The smallest absolute Gasteiger partial charge is 0.260 e. The van der Waals surface area contributed by atoms with Gasteiger partial charge in [-0.2, -0.15) is 5.01 Å². The molecule has 6 atom stereocenters. The van der Waals surface area contributed by atoms with E-state index in [1.807, 2.05) is 6.08 Å². The molecule has 280 valence electrons. The third kappa shape index (κ3) is 5.51. The molecule has 3 fully saturated rings. The van der Waals surface area contributed by atoms with E-state index < -0.39 is 52.7 Å². The van der Waals surface area contributed by atoms with Crippen LogP contribution in [0, 0.1) is 23.7 Å². The van der Waals surface area contributed by atoms with Crippen LogP contribution in [0.2, 0.25) is 10.0 Å². The van der Waals surface area contributed by atoms with Crippen LogP contribution in [0.25, 0.3) is 0 Å². The van der Waals surface area contributed by atoms with Crippen molar-refractivity contribution in [3.05, 3.63) is 123 Å². The van der Waals surface area contributed by atoms with Crippen molar-refractivity contribution in [1.82, 2.24) is 5.01 Å². The standard InChI is InChI=1S/C42H35Cl2N3O8/c1-21(48)22-4-10-26(11-5-22)46-38(50)29-15-14-28-30(36(29)40(46)52)20-31-39(51)47(45-33-16-9-25(43)19-32(33)44)41(53)42(31,24-7-12-27(54-2)13-8-24)37(28)23-6-17-35(55-3)34(49)18-23/h4-14,16-19,29-31,36-37,45,49H,15,20H2,1-3H3. The number of hydrogen-bond acceptors (Lipinski definition) is 9. The number of aromatic hydroxyl groups is 1. The van der Waals surface area contributed by atoms with Crippen LogP contribution in [-0.4, -0.2) is 53.7 Å². The van der Waals surface area contributed by atoms with Crippen molar-refractivity contribution >= 4 is 64.0 Å². The van der Waals surface area contributed by atoms with Gasteiger partial charge in [-0.15, -0.1) is 0 Å². The van der Waals surface area contributed by atoms with Crippen LogP contribution in [0.3, 0.4) is 0 Å². The molecule has 2 saturated heterocycles. The van der Waals surface area contributed by atoms with Crippen LogP contribution in [-0.2, 0) is 24.6 Å². The zero-order valence-electron chi connectivity index (χ0n) is 29.9. The molecule has 0 spiro atoms. The summed E-state index contributed by atoms with van der Waals surface area (Å²) in [5.41, 5.74) is 4.17. The summed E-state index contributed by atoms with van der Waals surface area (Å²) in [6.45, 7) is 1.44. The third-order valence-corrected chi connectivity index (χ3v) is 12.2. The summed E-state index contributed by atoms with van der Waals surface area (Å²) < 4.78 is 10.8. The van der Waals surface area contributed by atoms with Crippen molar-refractivity contribution in [2.24, 2.45) is 23.7 Å². The zero-order chi connectivity index (χ0) is 38.9. The minimum atomic E-state index is -1.60. The van der Waals surface area contributed by atoms with Crippen LogP contribution in [0.4, 0.5) is 11.4 Å². The largest absolute Gasteiger partial charge is 0.504 e. The Labute approximate surface area is 326 Å². The number of nitrogens with one attached hydrogen (secondary N) is 1. The van der Waals surface area contributed by atoms with Gasteiger partial charge >= 0.3 is 0 Å². The van der Waals surface area contributed by atoms with Crippen molar-refractivity contribution in [2.75, 3.05) is 24.5 Å². The Hall–Kier alpha value is -5.65. The van der Waals surface area contributed by atoms with E-state index in [0.29, 0.717) is 38.7 Å². The van der Waals surface area contributed by atoms with Crippen LogP contribution in [0.1, 0.15) is 47.2 Å². The first-order valence-electron chi connectivity index (χ1n) is 17.7. The average Bonchev–Trinajstić information content (AvgIpc) is 3.56. The number of halogens is 2. The number of amides is 4. The fourth-order valence-corrected chi connectivity index (χ4v) is 9.66. The summed E-state index contributed by atoms with van der Waals surface area (Å²) in [6.07, 6.45) is 2.19. The predicted molar refractivity (Wildman–Crippen MR) is 204 cm³/mol. The van der Waals surface area contributed by atoms with Gasteiger partial charge in [0.05, 0.1) is 53.8 Å². The van der Waals surface area contributed by atoms with Crippen molar-refractivity contribution < 1.29 is 38.6 Å². The van der Waals surface area contributed by atoms with Crippen molar-refractivity contribution in [3.8, 4) is 17.2 Å². The van der Waals surface area contributed by atoms with Gasteiger partial charge < -0.3 is 14.6 Å². The lowest BCUT2D eigenvalue weighted by Crippen LogP contribution is -2.53. The van der Waals surface area contributed by atoms with Crippen LogP contribution in [0.15, 0.2) is 96.6 Å². The van der Waals surface area contributed by atoms with Gasteiger partial charge in [0.15, 0.2) is 17.3 Å². The van der Waals surface area contributed by atoms with E-state index in [0.717, 1.165) is 5.01 Å². The molecule has 13 heteroatoms. The molecule has 0 radical (unpaired) electrons. The highest BCUT2D eigenvalue weighted by molar-refractivity contribution is 6.36. The highest BCUT2D eigenvalue weighted by atomic mass is 35.5. The van der Waals surface area contributed by atoms with Gasteiger partial charge in [0.2, 0.25) is 11.8 Å². The van der Waals surface area contributed by atoms with E-state index in [9.17, 15) is 24.3 Å². The van der Waals surface area contributed by atoms with E-state index in [4.69, 9.17) is 32.7 Å². The first kappa shape index (κ1) is 36.3. The van der Waals surface area contributed by atoms with Gasteiger partial charge in [-0.1, -0.05) is 53.1 Å². The number of rotatable bonds is 8. The Bertz CT molecular complexity index is 2330. The molecule has 2 N–H and O–H groups in total. The second-order valence-corrected chi connectivity index (χ2v) is 15.1. The minimum Gasteiger partial charge on any atom is -0.504 e. The van der Waals surface area contributed by atoms with E-state index in [1.165, 1.54) is 38.2 Å². The lowest BCUT2D eigenvalue weighted by molar-refractivity contribution is -0.138. The predicted octanol–water partition coefficient (Wildman–Crippen LogP) is 7.11.